The van der Waals surface area contributed by atoms with Crippen LogP contribution in [0.25, 0.3) is 16.9 Å². The monoisotopic (exact) mass is 542 g/mol. The molecular weight excluding hydrogens is 526 g/mol. The second-order valence-electron chi connectivity index (χ2n) is 6.51. The van der Waals surface area contributed by atoms with Gasteiger partial charge in [0, 0.05) is 42.1 Å². The fraction of sp³-hybridized carbons (Fsp3) is 0.100. The normalized spacial score (nSPS) is 10.1. The summed E-state index contributed by atoms with van der Waals surface area (Å²) in [4.78, 5) is 23.2. The van der Waals surface area contributed by atoms with Crippen LogP contribution < -0.4 is 10.6 Å². The molecule has 0 atom stereocenters. The van der Waals surface area contributed by atoms with Gasteiger partial charge in [-0.2, -0.15) is 5.10 Å². The van der Waals surface area contributed by atoms with E-state index in [4.69, 9.17) is 23.2 Å². The van der Waals surface area contributed by atoms with E-state index in [2.05, 4.69) is 30.7 Å². The van der Waals surface area contributed by atoms with Crippen molar-refractivity contribution < 1.29 is 4.92 Å². The lowest BCUT2D eigenvalue weighted by Gasteiger charge is -2.13. The van der Waals surface area contributed by atoms with Crippen LogP contribution in [0.15, 0.2) is 61.2 Å². The first-order valence-electron chi connectivity index (χ1n) is 9.42. The zero-order chi connectivity index (χ0) is 22.5. The average Bonchev–Trinajstić information content (AvgIpc) is 3.32. The third kappa shape index (κ3) is 6.45. The van der Waals surface area contributed by atoms with Crippen molar-refractivity contribution in [3.8, 4) is 16.9 Å². The van der Waals surface area contributed by atoms with E-state index in [-0.39, 0.29) is 30.5 Å². The number of pyridine rings is 1. The Morgan fingerprint density at radius 3 is 2.47 bits per heavy atom. The van der Waals surface area contributed by atoms with Gasteiger partial charge in [-0.3, -0.25) is 10.1 Å². The summed E-state index contributed by atoms with van der Waals surface area (Å²) in [5.74, 6) is 0.932. The highest BCUT2D eigenvalue weighted by molar-refractivity contribution is 6.36. The molecule has 3 aromatic heterocycles. The third-order valence-corrected chi connectivity index (χ3v) is 4.93. The zero-order valence-electron chi connectivity index (χ0n) is 17.3. The van der Waals surface area contributed by atoms with Gasteiger partial charge in [0.1, 0.15) is 23.4 Å². The van der Waals surface area contributed by atoms with Crippen LogP contribution in [0.2, 0.25) is 10.0 Å². The van der Waals surface area contributed by atoms with Gasteiger partial charge in [0.25, 0.3) is 5.69 Å². The van der Waals surface area contributed by atoms with E-state index >= 15 is 0 Å². The van der Waals surface area contributed by atoms with Crippen molar-refractivity contribution in [2.75, 3.05) is 23.7 Å². The van der Waals surface area contributed by atoms with Crippen molar-refractivity contribution in [1.82, 2.24) is 24.7 Å². The summed E-state index contributed by atoms with van der Waals surface area (Å²) in [5.41, 5.74) is 1.89. The van der Waals surface area contributed by atoms with Gasteiger partial charge in [-0.15, -0.1) is 24.8 Å². The Balaban J connectivity index is 0.00000204. The zero-order valence-corrected chi connectivity index (χ0v) is 20.4. The lowest BCUT2D eigenvalue weighted by Crippen LogP contribution is -2.16. The molecule has 10 nitrogen and oxygen atoms in total. The van der Waals surface area contributed by atoms with Gasteiger partial charge in [-0.05, 0) is 30.3 Å². The SMILES string of the molecule is Cl.Cl.O=[N+]([O-])c1ccc(NCCNc2ncc(-n3cccn3)c(-c3ccc(Cl)cc3Cl)n2)nc1. The molecule has 0 bridgehead atoms. The Bertz CT molecular complexity index is 1240. The summed E-state index contributed by atoms with van der Waals surface area (Å²) in [5, 5.41) is 22.2. The fourth-order valence-electron chi connectivity index (χ4n) is 2.88. The molecule has 3 heterocycles. The Kier molecular flexibility index (Phi) is 9.82. The molecular formula is C20H18Cl4N8O2. The maximum absolute atomic E-state index is 10.7. The first-order valence-corrected chi connectivity index (χ1v) is 10.2. The smallest absolute Gasteiger partial charge is 0.287 e. The van der Waals surface area contributed by atoms with Gasteiger partial charge in [-0.25, -0.2) is 19.6 Å². The first-order chi connectivity index (χ1) is 15.5. The summed E-state index contributed by atoms with van der Waals surface area (Å²) in [6.07, 6.45) is 6.32. The molecule has 0 aliphatic carbocycles. The van der Waals surface area contributed by atoms with Crippen molar-refractivity contribution in [2.45, 2.75) is 0 Å². The van der Waals surface area contributed by atoms with Crippen LogP contribution in [0.3, 0.4) is 0 Å². The minimum atomic E-state index is -0.493. The maximum atomic E-state index is 10.7. The molecule has 0 saturated heterocycles. The van der Waals surface area contributed by atoms with Crippen LogP contribution in [0.4, 0.5) is 17.5 Å². The highest BCUT2D eigenvalue weighted by Crippen LogP contribution is 2.33. The summed E-state index contributed by atoms with van der Waals surface area (Å²) in [6, 6.07) is 9.94. The van der Waals surface area contributed by atoms with E-state index in [1.165, 1.54) is 12.3 Å². The molecule has 0 spiro atoms. The molecule has 4 rings (SSSR count). The molecule has 34 heavy (non-hydrogen) atoms. The predicted molar refractivity (Wildman–Crippen MR) is 137 cm³/mol. The summed E-state index contributed by atoms with van der Waals surface area (Å²) < 4.78 is 1.66. The van der Waals surface area contributed by atoms with E-state index < -0.39 is 4.92 Å². The number of halogens is 4. The van der Waals surface area contributed by atoms with Gasteiger partial charge in [0.2, 0.25) is 5.95 Å². The number of benzene rings is 1. The van der Waals surface area contributed by atoms with E-state index in [1.54, 1.807) is 53.6 Å². The largest absolute Gasteiger partial charge is 0.368 e. The molecule has 0 aliphatic rings. The van der Waals surface area contributed by atoms with Crippen molar-refractivity contribution in [3.05, 3.63) is 81.3 Å². The van der Waals surface area contributed by atoms with Crippen molar-refractivity contribution in [2.24, 2.45) is 0 Å². The second kappa shape index (κ2) is 12.3. The van der Waals surface area contributed by atoms with Crippen molar-refractivity contribution in [3.63, 3.8) is 0 Å². The molecule has 14 heteroatoms. The summed E-state index contributed by atoms with van der Waals surface area (Å²) >= 11 is 12.5. The summed E-state index contributed by atoms with van der Waals surface area (Å²) in [7, 11) is 0. The van der Waals surface area contributed by atoms with E-state index in [0.717, 1.165) is 0 Å². The molecule has 0 amide bonds. The van der Waals surface area contributed by atoms with Gasteiger partial charge in [0.05, 0.1) is 16.1 Å². The number of nitro groups is 1. The van der Waals surface area contributed by atoms with Crippen LogP contribution in [0.5, 0.6) is 0 Å². The third-order valence-electron chi connectivity index (χ3n) is 4.38. The molecule has 1 aromatic carbocycles. The Labute approximate surface area is 216 Å². The van der Waals surface area contributed by atoms with Gasteiger partial charge < -0.3 is 10.6 Å². The molecule has 0 aliphatic heterocycles. The molecule has 0 unspecified atom stereocenters. The predicted octanol–water partition coefficient (Wildman–Crippen LogP) is 5.31. The second-order valence-corrected chi connectivity index (χ2v) is 7.36. The number of nitrogens with zero attached hydrogens (tertiary/aromatic N) is 6. The highest BCUT2D eigenvalue weighted by Gasteiger charge is 2.15. The van der Waals surface area contributed by atoms with Gasteiger partial charge in [-0.1, -0.05) is 23.2 Å². The first kappa shape index (κ1) is 27.1. The molecule has 0 saturated carbocycles. The van der Waals surface area contributed by atoms with Crippen molar-refractivity contribution >= 4 is 65.5 Å². The van der Waals surface area contributed by atoms with Gasteiger partial charge >= 0.3 is 0 Å². The van der Waals surface area contributed by atoms with Crippen LogP contribution in [0, 0.1) is 10.1 Å². The minimum absolute atomic E-state index is 0. The van der Waals surface area contributed by atoms with E-state index in [9.17, 15) is 10.1 Å². The lowest BCUT2D eigenvalue weighted by atomic mass is 10.1. The van der Waals surface area contributed by atoms with E-state index in [0.29, 0.717) is 51.8 Å². The molecule has 0 radical (unpaired) electrons. The number of rotatable bonds is 8. The number of aromatic nitrogens is 5. The van der Waals surface area contributed by atoms with Crippen LogP contribution in [-0.2, 0) is 0 Å². The van der Waals surface area contributed by atoms with Crippen LogP contribution in [-0.4, -0.2) is 42.7 Å². The number of anilines is 2. The quantitative estimate of drug-likeness (QED) is 0.174. The van der Waals surface area contributed by atoms with Crippen LogP contribution >= 0.6 is 48.0 Å². The molecule has 178 valence electrons. The number of hydrogen-bond acceptors (Lipinski definition) is 8. The number of hydrogen-bond donors (Lipinski definition) is 2. The fourth-order valence-corrected chi connectivity index (χ4v) is 3.38. The van der Waals surface area contributed by atoms with Crippen LogP contribution in [0.1, 0.15) is 0 Å². The Morgan fingerprint density at radius 2 is 1.82 bits per heavy atom. The topological polar surface area (TPSA) is 124 Å². The summed E-state index contributed by atoms with van der Waals surface area (Å²) in [6.45, 7) is 0.972. The molecule has 4 aromatic rings. The highest BCUT2D eigenvalue weighted by atomic mass is 35.5. The van der Waals surface area contributed by atoms with Gasteiger partial charge in [0.15, 0.2) is 0 Å². The average molecular weight is 544 g/mol. The lowest BCUT2D eigenvalue weighted by molar-refractivity contribution is -0.385. The maximum Gasteiger partial charge on any atom is 0.287 e. The Hall–Kier alpha value is -3.18. The minimum Gasteiger partial charge on any atom is -0.368 e. The Morgan fingerprint density at radius 1 is 1.03 bits per heavy atom. The standard InChI is InChI=1S/C20H16Cl2N8O2.2ClH/c21-13-2-4-15(16(22)10-13)19-17(29-9-1-6-27-29)12-26-20(28-19)24-8-7-23-18-5-3-14(11-25-18)30(31)32;;/h1-6,9-12H,7-8H2,(H,23,25)(H,24,26,28);2*1H. The van der Waals surface area contributed by atoms with Crippen molar-refractivity contribution in [1.29, 1.82) is 0 Å². The van der Waals surface area contributed by atoms with E-state index in [1.807, 2.05) is 0 Å². The number of nitrogens with one attached hydrogen (secondary N) is 2. The molecule has 2 N–H and O–H groups in total. The molecule has 0 fully saturated rings.